The smallest absolute Gasteiger partial charge is 0.279 e. The first-order valence-electron chi connectivity index (χ1n) is 9.27. The van der Waals surface area contributed by atoms with Gasteiger partial charge in [0.2, 0.25) is 5.13 Å². The summed E-state index contributed by atoms with van der Waals surface area (Å²) in [5.74, 6) is 1.76. The molecule has 2 aromatic carbocycles. The Kier molecular flexibility index (Phi) is 6.93. The highest BCUT2D eigenvalue weighted by atomic mass is 35.5. The van der Waals surface area contributed by atoms with E-state index in [0.29, 0.717) is 43.1 Å². The summed E-state index contributed by atoms with van der Waals surface area (Å²) in [6.45, 7) is 0. The van der Waals surface area contributed by atoms with E-state index in [1.54, 1.807) is 38.5 Å². The molecule has 2 aromatic heterocycles. The zero-order valence-electron chi connectivity index (χ0n) is 17.0. The molecule has 32 heavy (non-hydrogen) atoms. The standard InChI is InChI=1S/C21H17ClN4O4S2/c1-28-16-8-7-12(9-18(16)29-2)17-10-15(26-30-17)19(27)23-20-24-25-21(32-20)31-11-13-5-3-4-6-14(13)22/h3-10H,11H2,1-2H3,(H,23,24,27). The van der Waals surface area contributed by atoms with Crippen LogP contribution in [0.25, 0.3) is 11.3 Å². The van der Waals surface area contributed by atoms with Crippen LogP contribution in [0.2, 0.25) is 5.02 Å². The van der Waals surface area contributed by atoms with Crippen molar-refractivity contribution in [2.45, 2.75) is 10.1 Å². The SMILES string of the molecule is COc1ccc(-c2cc(C(=O)Nc3nnc(SCc4ccccc4Cl)s3)no2)cc1OC. The molecule has 4 rings (SSSR count). The second kappa shape index (κ2) is 10.0. The van der Waals surface area contributed by atoms with E-state index in [2.05, 4.69) is 20.7 Å². The van der Waals surface area contributed by atoms with Gasteiger partial charge >= 0.3 is 0 Å². The van der Waals surface area contributed by atoms with E-state index in [0.717, 1.165) is 5.56 Å². The number of nitrogens with one attached hydrogen (secondary N) is 1. The van der Waals surface area contributed by atoms with E-state index in [1.165, 1.54) is 23.1 Å². The van der Waals surface area contributed by atoms with Crippen molar-refractivity contribution in [3.63, 3.8) is 0 Å². The molecule has 0 radical (unpaired) electrons. The number of rotatable bonds is 8. The minimum absolute atomic E-state index is 0.121. The van der Waals surface area contributed by atoms with Crippen molar-refractivity contribution in [3.05, 3.63) is 64.8 Å². The van der Waals surface area contributed by atoms with Gasteiger partial charge in [-0.15, -0.1) is 10.2 Å². The molecule has 0 spiro atoms. The molecule has 4 aromatic rings. The Hall–Kier alpha value is -3.08. The van der Waals surface area contributed by atoms with Crippen LogP contribution in [0, 0.1) is 0 Å². The third kappa shape index (κ3) is 5.04. The highest BCUT2D eigenvalue weighted by Gasteiger charge is 2.17. The van der Waals surface area contributed by atoms with Gasteiger partial charge in [0.15, 0.2) is 27.3 Å². The van der Waals surface area contributed by atoms with E-state index < -0.39 is 5.91 Å². The number of nitrogens with zero attached hydrogens (tertiary/aromatic N) is 3. The second-order valence-electron chi connectivity index (χ2n) is 6.35. The van der Waals surface area contributed by atoms with Gasteiger partial charge in [-0.05, 0) is 29.8 Å². The van der Waals surface area contributed by atoms with Gasteiger partial charge in [0.25, 0.3) is 5.91 Å². The first-order valence-corrected chi connectivity index (χ1v) is 11.5. The highest BCUT2D eigenvalue weighted by Crippen LogP contribution is 2.33. The van der Waals surface area contributed by atoms with Gasteiger partial charge in [-0.1, -0.05) is 58.1 Å². The Balaban J connectivity index is 1.40. The largest absolute Gasteiger partial charge is 0.493 e. The van der Waals surface area contributed by atoms with E-state index in [9.17, 15) is 4.79 Å². The van der Waals surface area contributed by atoms with Gasteiger partial charge in [0, 0.05) is 22.4 Å². The Morgan fingerprint density at radius 3 is 2.72 bits per heavy atom. The normalized spacial score (nSPS) is 10.7. The predicted octanol–water partition coefficient (Wildman–Crippen LogP) is 5.41. The molecule has 1 amide bonds. The molecule has 1 N–H and O–H groups in total. The van der Waals surface area contributed by atoms with Crippen LogP contribution in [0.4, 0.5) is 5.13 Å². The lowest BCUT2D eigenvalue weighted by atomic mass is 10.1. The molecule has 0 aliphatic heterocycles. The molecule has 0 saturated heterocycles. The number of halogens is 1. The highest BCUT2D eigenvalue weighted by molar-refractivity contribution is 8.00. The maximum absolute atomic E-state index is 12.6. The van der Waals surface area contributed by atoms with Crippen molar-refractivity contribution < 1.29 is 18.8 Å². The third-order valence-corrected chi connectivity index (χ3v) is 6.74. The fourth-order valence-electron chi connectivity index (χ4n) is 2.74. The van der Waals surface area contributed by atoms with Gasteiger partial charge in [0.05, 0.1) is 14.2 Å². The fraction of sp³-hybridized carbons (Fsp3) is 0.143. The minimum atomic E-state index is -0.445. The molecule has 0 aliphatic carbocycles. The summed E-state index contributed by atoms with van der Waals surface area (Å²) in [6.07, 6.45) is 0. The lowest BCUT2D eigenvalue weighted by Gasteiger charge is -2.07. The van der Waals surface area contributed by atoms with Crippen molar-refractivity contribution in [2.24, 2.45) is 0 Å². The number of hydrogen-bond donors (Lipinski definition) is 1. The Labute approximate surface area is 196 Å². The van der Waals surface area contributed by atoms with Gasteiger partial charge in [-0.25, -0.2) is 0 Å². The van der Waals surface area contributed by atoms with Gasteiger partial charge in [-0.3, -0.25) is 10.1 Å². The number of ether oxygens (including phenoxy) is 2. The molecule has 0 atom stereocenters. The molecule has 2 heterocycles. The number of thioether (sulfide) groups is 1. The maximum atomic E-state index is 12.6. The lowest BCUT2D eigenvalue weighted by Crippen LogP contribution is -2.11. The number of aromatic nitrogens is 3. The molecule has 0 aliphatic rings. The Bertz CT molecular complexity index is 1240. The molecular formula is C21H17ClN4O4S2. The molecule has 8 nitrogen and oxygen atoms in total. The van der Waals surface area contributed by atoms with E-state index in [4.69, 9.17) is 25.6 Å². The Morgan fingerprint density at radius 2 is 1.94 bits per heavy atom. The molecule has 0 bridgehead atoms. The van der Waals surface area contributed by atoms with Gasteiger partial charge < -0.3 is 14.0 Å². The number of methoxy groups -OCH3 is 2. The van der Waals surface area contributed by atoms with Crippen LogP contribution < -0.4 is 14.8 Å². The summed E-state index contributed by atoms with van der Waals surface area (Å²) < 4.78 is 16.6. The van der Waals surface area contributed by atoms with Gasteiger partial charge in [-0.2, -0.15) is 0 Å². The predicted molar refractivity (Wildman–Crippen MR) is 124 cm³/mol. The molecular weight excluding hydrogens is 472 g/mol. The van der Waals surface area contributed by atoms with E-state index in [1.807, 2.05) is 24.3 Å². The van der Waals surface area contributed by atoms with Crippen molar-refractivity contribution in [1.82, 2.24) is 15.4 Å². The van der Waals surface area contributed by atoms with Crippen LogP contribution in [-0.2, 0) is 5.75 Å². The summed E-state index contributed by atoms with van der Waals surface area (Å²) in [4.78, 5) is 12.6. The molecule has 0 unspecified atom stereocenters. The average molecular weight is 489 g/mol. The summed E-state index contributed by atoms with van der Waals surface area (Å²) >= 11 is 8.94. The Morgan fingerprint density at radius 1 is 1.12 bits per heavy atom. The maximum Gasteiger partial charge on any atom is 0.279 e. The summed E-state index contributed by atoms with van der Waals surface area (Å²) in [5.41, 5.74) is 1.82. The summed E-state index contributed by atoms with van der Waals surface area (Å²) in [7, 11) is 3.10. The minimum Gasteiger partial charge on any atom is -0.493 e. The topological polar surface area (TPSA) is 99.4 Å². The fourth-order valence-corrected chi connectivity index (χ4v) is 4.78. The average Bonchev–Trinajstić information content (AvgIpc) is 3.48. The molecule has 164 valence electrons. The van der Waals surface area contributed by atoms with E-state index in [-0.39, 0.29) is 5.69 Å². The zero-order chi connectivity index (χ0) is 22.5. The van der Waals surface area contributed by atoms with Crippen LogP contribution in [0.5, 0.6) is 11.5 Å². The number of benzene rings is 2. The second-order valence-corrected chi connectivity index (χ2v) is 8.96. The van der Waals surface area contributed by atoms with Crippen LogP contribution in [0.1, 0.15) is 16.1 Å². The summed E-state index contributed by atoms with van der Waals surface area (Å²) in [6, 6.07) is 14.4. The van der Waals surface area contributed by atoms with Crippen molar-refractivity contribution >= 4 is 45.7 Å². The lowest BCUT2D eigenvalue weighted by molar-refractivity contribution is 0.101. The number of hydrogen-bond acceptors (Lipinski definition) is 9. The molecule has 0 saturated carbocycles. The van der Waals surface area contributed by atoms with Crippen LogP contribution >= 0.6 is 34.7 Å². The molecule has 0 fully saturated rings. The first kappa shape index (κ1) is 22.1. The number of anilines is 1. The quantitative estimate of drug-likeness (QED) is 0.259. The van der Waals surface area contributed by atoms with Crippen LogP contribution in [-0.4, -0.2) is 35.5 Å². The zero-order valence-corrected chi connectivity index (χ0v) is 19.4. The third-order valence-electron chi connectivity index (χ3n) is 4.35. The number of amides is 1. The van der Waals surface area contributed by atoms with Gasteiger partial charge in [0.1, 0.15) is 0 Å². The molecule has 11 heteroatoms. The van der Waals surface area contributed by atoms with Crippen LogP contribution in [0.15, 0.2) is 57.4 Å². The monoisotopic (exact) mass is 488 g/mol. The van der Waals surface area contributed by atoms with Crippen molar-refractivity contribution in [3.8, 4) is 22.8 Å². The van der Waals surface area contributed by atoms with E-state index >= 15 is 0 Å². The van der Waals surface area contributed by atoms with Crippen molar-refractivity contribution in [2.75, 3.05) is 19.5 Å². The van der Waals surface area contributed by atoms with Crippen molar-refractivity contribution in [1.29, 1.82) is 0 Å². The first-order chi connectivity index (χ1) is 15.6. The number of carbonyl (C=O) groups is 1. The summed E-state index contributed by atoms with van der Waals surface area (Å²) in [5, 5.41) is 15.7. The number of carbonyl (C=O) groups excluding carboxylic acids is 1. The van der Waals surface area contributed by atoms with Crippen LogP contribution in [0.3, 0.4) is 0 Å².